The summed E-state index contributed by atoms with van der Waals surface area (Å²) in [5, 5.41) is 2.32. The third-order valence-electron chi connectivity index (χ3n) is 5.24. The van der Waals surface area contributed by atoms with E-state index in [4.69, 9.17) is 0 Å². The molecule has 7 heteroatoms. The average Bonchev–Trinajstić information content (AvgIpc) is 3.23. The number of piperidine rings is 1. The molecule has 3 aromatic rings. The van der Waals surface area contributed by atoms with Gasteiger partial charge in [-0.3, -0.25) is 24.1 Å². The Hall–Kier alpha value is -3.48. The minimum Gasteiger partial charge on any atom is -0.322 e. The summed E-state index contributed by atoms with van der Waals surface area (Å²) >= 11 is 0. The van der Waals surface area contributed by atoms with Crippen LogP contribution in [0.25, 0.3) is 16.9 Å². The van der Waals surface area contributed by atoms with Crippen molar-refractivity contribution in [2.75, 3.05) is 0 Å². The van der Waals surface area contributed by atoms with Crippen LogP contribution in [0.1, 0.15) is 28.8 Å². The van der Waals surface area contributed by atoms with Gasteiger partial charge in [0.05, 0.1) is 11.9 Å². The Morgan fingerprint density at radius 3 is 2.85 bits per heavy atom. The first-order chi connectivity index (χ1) is 13.1. The number of hydrogen-bond donors (Lipinski definition) is 1. The van der Waals surface area contributed by atoms with Crippen molar-refractivity contribution in [2.24, 2.45) is 0 Å². The Balaban J connectivity index is 1.49. The van der Waals surface area contributed by atoms with Gasteiger partial charge in [0.25, 0.3) is 5.91 Å². The van der Waals surface area contributed by atoms with Crippen LogP contribution in [0, 0.1) is 0 Å². The average molecular weight is 360 g/mol. The zero-order valence-corrected chi connectivity index (χ0v) is 14.4. The van der Waals surface area contributed by atoms with E-state index in [1.165, 1.54) is 0 Å². The molecule has 0 radical (unpaired) electrons. The van der Waals surface area contributed by atoms with E-state index in [-0.39, 0.29) is 18.2 Å². The highest BCUT2D eigenvalue weighted by molar-refractivity contribution is 6.05. The predicted molar refractivity (Wildman–Crippen MR) is 96.7 cm³/mol. The smallest absolute Gasteiger partial charge is 0.255 e. The quantitative estimate of drug-likeness (QED) is 0.706. The summed E-state index contributed by atoms with van der Waals surface area (Å²) in [5.41, 5.74) is 4.25. The van der Waals surface area contributed by atoms with Crippen molar-refractivity contribution in [3.05, 3.63) is 59.9 Å². The fourth-order valence-electron chi connectivity index (χ4n) is 3.88. The SMILES string of the molecule is O=C1CCC(N2Cc3cc(-c4cnc5ccccn45)ccc3C2=O)C(=O)N1. The molecule has 7 nitrogen and oxygen atoms in total. The monoisotopic (exact) mass is 360 g/mol. The van der Waals surface area contributed by atoms with E-state index >= 15 is 0 Å². The van der Waals surface area contributed by atoms with Crippen LogP contribution in [0.2, 0.25) is 0 Å². The van der Waals surface area contributed by atoms with Crippen molar-refractivity contribution >= 4 is 23.4 Å². The predicted octanol–water partition coefficient (Wildman–Crippen LogP) is 1.76. The maximum Gasteiger partial charge on any atom is 0.255 e. The second kappa shape index (κ2) is 5.77. The molecule has 3 amide bonds. The maximum absolute atomic E-state index is 12.8. The Bertz CT molecular complexity index is 1120. The fraction of sp³-hybridized carbons (Fsp3) is 0.200. The standard InChI is InChI=1S/C20H16N4O3/c25-18-7-6-15(19(26)22-18)24-11-13-9-12(4-5-14(13)20(24)27)16-10-21-17-3-1-2-8-23(16)17/h1-5,8-10,15H,6-7,11H2,(H,22,25,26). The Labute approximate surface area is 154 Å². The number of amides is 3. The topological polar surface area (TPSA) is 83.8 Å². The first-order valence-corrected chi connectivity index (χ1v) is 8.82. The first-order valence-electron chi connectivity index (χ1n) is 8.82. The lowest BCUT2D eigenvalue weighted by atomic mass is 10.0. The maximum atomic E-state index is 12.8. The number of nitrogens with one attached hydrogen (secondary N) is 1. The summed E-state index contributed by atoms with van der Waals surface area (Å²) in [4.78, 5) is 42.3. The van der Waals surface area contributed by atoms with E-state index in [1.807, 2.05) is 47.1 Å². The number of nitrogens with zero attached hydrogens (tertiary/aromatic N) is 3. The number of pyridine rings is 1. The van der Waals surface area contributed by atoms with Gasteiger partial charge in [0, 0.05) is 30.3 Å². The van der Waals surface area contributed by atoms with Gasteiger partial charge in [0.15, 0.2) is 0 Å². The van der Waals surface area contributed by atoms with Gasteiger partial charge in [-0.1, -0.05) is 12.1 Å². The van der Waals surface area contributed by atoms with Crippen LogP contribution in [0.3, 0.4) is 0 Å². The summed E-state index contributed by atoms with van der Waals surface area (Å²) in [6.07, 6.45) is 4.38. The minimum atomic E-state index is -0.596. The third kappa shape index (κ3) is 2.43. The Morgan fingerprint density at radius 2 is 2.00 bits per heavy atom. The molecule has 0 spiro atoms. The van der Waals surface area contributed by atoms with Crippen LogP contribution < -0.4 is 5.32 Å². The number of carbonyl (C=O) groups is 3. The lowest BCUT2D eigenvalue weighted by Crippen LogP contribution is -2.52. The summed E-state index contributed by atoms with van der Waals surface area (Å²) in [7, 11) is 0. The van der Waals surface area contributed by atoms with Gasteiger partial charge in [-0.25, -0.2) is 4.98 Å². The molecule has 1 saturated heterocycles. The second-order valence-electron chi connectivity index (χ2n) is 6.84. The third-order valence-corrected chi connectivity index (χ3v) is 5.24. The van der Waals surface area contributed by atoms with Gasteiger partial charge in [-0.05, 0) is 36.2 Å². The molecule has 1 fully saturated rings. The van der Waals surface area contributed by atoms with E-state index in [1.54, 1.807) is 11.0 Å². The molecule has 1 N–H and O–H groups in total. The van der Waals surface area contributed by atoms with Crippen LogP contribution in [-0.2, 0) is 16.1 Å². The van der Waals surface area contributed by atoms with Crippen LogP contribution in [0.15, 0.2) is 48.8 Å². The summed E-state index contributed by atoms with van der Waals surface area (Å²) in [6, 6.07) is 10.9. The van der Waals surface area contributed by atoms with Gasteiger partial charge < -0.3 is 4.90 Å². The number of imide groups is 1. The molecule has 1 atom stereocenters. The first kappa shape index (κ1) is 15.7. The highest BCUT2D eigenvalue weighted by atomic mass is 16.2. The number of fused-ring (bicyclic) bond motifs is 2. The van der Waals surface area contributed by atoms with Gasteiger partial charge >= 0.3 is 0 Å². The van der Waals surface area contributed by atoms with Crippen LogP contribution >= 0.6 is 0 Å². The molecule has 0 aliphatic carbocycles. The van der Waals surface area contributed by atoms with Crippen molar-refractivity contribution in [1.82, 2.24) is 19.6 Å². The molecular formula is C20H16N4O3. The van der Waals surface area contributed by atoms with Gasteiger partial charge in [-0.15, -0.1) is 0 Å². The molecule has 4 heterocycles. The van der Waals surface area contributed by atoms with Crippen molar-refractivity contribution in [3.63, 3.8) is 0 Å². The zero-order valence-electron chi connectivity index (χ0n) is 14.4. The van der Waals surface area contributed by atoms with Gasteiger partial charge in [0.1, 0.15) is 11.7 Å². The lowest BCUT2D eigenvalue weighted by molar-refractivity contribution is -0.136. The molecule has 0 bridgehead atoms. The second-order valence-corrected chi connectivity index (χ2v) is 6.84. The number of imidazole rings is 1. The molecule has 1 aromatic carbocycles. The van der Waals surface area contributed by atoms with Crippen LogP contribution in [0.5, 0.6) is 0 Å². The molecule has 27 heavy (non-hydrogen) atoms. The van der Waals surface area contributed by atoms with E-state index in [0.717, 1.165) is 22.5 Å². The highest BCUT2D eigenvalue weighted by Crippen LogP contribution is 2.31. The molecule has 2 aliphatic rings. The van der Waals surface area contributed by atoms with Crippen molar-refractivity contribution in [3.8, 4) is 11.3 Å². The molecule has 2 aromatic heterocycles. The minimum absolute atomic E-state index is 0.163. The fourth-order valence-corrected chi connectivity index (χ4v) is 3.88. The van der Waals surface area contributed by atoms with Crippen molar-refractivity contribution in [2.45, 2.75) is 25.4 Å². The molecule has 1 unspecified atom stereocenters. The van der Waals surface area contributed by atoms with Crippen LogP contribution in [0.4, 0.5) is 0 Å². The summed E-state index contributed by atoms with van der Waals surface area (Å²) in [6.45, 7) is 0.366. The largest absolute Gasteiger partial charge is 0.322 e. The van der Waals surface area contributed by atoms with Crippen LogP contribution in [-0.4, -0.2) is 38.0 Å². The van der Waals surface area contributed by atoms with E-state index in [9.17, 15) is 14.4 Å². The van der Waals surface area contributed by atoms with E-state index < -0.39 is 11.9 Å². The summed E-state index contributed by atoms with van der Waals surface area (Å²) < 4.78 is 2.00. The van der Waals surface area contributed by atoms with E-state index in [0.29, 0.717) is 18.5 Å². The molecule has 134 valence electrons. The Kier molecular flexibility index (Phi) is 3.36. The number of hydrogen-bond acceptors (Lipinski definition) is 4. The number of aromatic nitrogens is 2. The van der Waals surface area contributed by atoms with Crippen molar-refractivity contribution < 1.29 is 14.4 Å². The van der Waals surface area contributed by atoms with Gasteiger partial charge in [-0.2, -0.15) is 0 Å². The van der Waals surface area contributed by atoms with Gasteiger partial charge in [0.2, 0.25) is 11.8 Å². The normalized spacial score (nSPS) is 19.5. The zero-order chi connectivity index (χ0) is 18.5. The number of carbonyl (C=O) groups excluding carboxylic acids is 3. The van der Waals surface area contributed by atoms with E-state index in [2.05, 4.69) is 10.3 Å². The molecule has 5 rings (SSSR count). The summed E-state index contributed by atoms with van der Waals surface area (Å²) in [5.74, 6) is -0.839. The molecule has 2 aliphatic heterocycles. The number of rotatable bonds is 2. The Morgan fingerprint density at radius 1 is 1.11 bits per heavy atom. The van der Waals surface area contributed by atoms with Crippen molar-refractivity contribution in [1.29, 1.82) is 0 Å². The highest BCUT2D eigenvalue weighted by Gasteiger charge is 2.39. The lowest BCUT2D eigenvalue weighted by Gasteiger charge is -2.29. The molecular weight excluding hydrogens is 344 g/mol. The molecule has 0 saturated carbocycles. The number of benzene rings is 1.